The number of unbranched alkanes of at least 4 members (excludes halogenated alkanes) is 5. The number of ether oxygens (including phenoxy) is 2. The fourth-order valence-electron chi connectivity index (χ4n) is 2.20. The minimum atomic E-state index is -0.271. The summed E-state index contributed by atoms with van der Waals surface area (Å²) in [6.45, 7) is 4.51. The van der Waals surface area contributed by atoms with Crippen molar-refractivity contribution < 1.29 is 14.6 Å². The van der Waals surface area contributed by atoms with Gasteiger partial charge in [-0.05, 0) is 19.3 Å². The van der Waals surface area contributed by atoms with Crippen LogP contribution >= 0.6 is 0 Å². The number of hydrogen-bond donors (Lipinski definition) is 1. The van der Waals surface area contributed by atoms with Gasteiger partial charge < -0.3 is 14.6 Å². The Kier molecular flexibility index (Phi) is 8.67. The molecular formula is C14H28O3. The van der Waals surface area contributed by atoms with Crippen LogP contribution in [0, 0.1) is 0 Å². The van der Waals surface area contributed by atoms with Gasteiger partial charge in [0.2, 0.25) is 0 Å². The van der Waals surface area contributed by atoms with E-state index in [1.807, 2.05) is 0 Å². The SMILES string of the molecule is CCCCCCCCOCC[C@H]1OCC[C@H]1O. The fourth-order valence-corrected chi connectivity index (χ4v) is 2.20. The van der Waals surface area contributed by atoms with E-state index >= 15 is 0 Å². The van der Waals surface area contributed by atoms with Crippen LogP contribution in [0.3, 0.4) is 0 Å². The van der Waals surface area contributed by atoms with Crippen molar-refractivity contribution >= 4 is 0 Å². The van der Waals surface area contributed by atoms with Gasteiger partial charge in [0, 0.05) is 19.8 Å². The Morgan fingerprint density at radius 1 is 1.12 bits per heavy atom. The van der Waals surface area contributed by atoms with Crippen molar-refractivity contribution in [2.24, 2.45) is 0 Å². The maximum atomic E-state index is 9.53. The van der Waals surface area contributed by atoms with Crippen molar-refractivity contribution in [3.63, 3.8) is 0 Å². The molecule has 0 radical (unpaired) electrons. The number of hydrogen-bond acceptors (Lipinski definition) is 3. The van der Waals surface area contributed by atoms with E-state index in [9.17, 15) is 5.11 Å². The highest BCUT2D eigenvalue weighted by molar-refractivity contribution is 4.74. The molecule has 2 atom stereocenters. The summed E-state index contributed by atoms with van der Waals surface area (Å²) in [5, 5.41) is 9.53. The normalized spacial score (nSPS) is 24.4. The lowest BCUT2D eigenvalue weighted by Crippen LogP contribution is -2.22. The minimum Gasteiger partial charge on any atom is -0.390 e. The van der Waals surface area contributed by atoms with Crippen molar-refractivity contribution in [3.05, 3.63) is 0 Å². The highest BCUT2D eigenvalue weighted by atomic mass is 16.5. The van der Waals surface area contributed by atoms with E-state index in [4.69, 9.17) is 9.47 Å². The van der Waals surface area contributed by atoms with Crippen LogP contribution in [0.25, 0.3) is 0 Å². The zero-order valence-electron chi connectivity index (χ0n) is 11.2. The summed E-state index contributed by atoms with van der Waals surface area (Å²) in [4.78, 5) is 0. The van der Waals surface area contributed by atoms with Gasteiger partial charge in [0.15, 0.2) is 0 Å². The first-order valence-electron chi connectivity index (χ1n) is 7.22. The van der Waals surface area contributed by atoms with E-state index in [1.165, 1.54) is 32.1 Å². The molecule has 3 heteroatoms. The number of aliphatic hydroxyl groups is 1. The Balaban J connectivity index is 1.78. The predicted octanol–water partition coefficient (Wildman–Crippen LogP) is 2.90. The van der Waals surface area contributed by atoms with Gasteiger partial charge in [0.05, 0.1) is 12.2 Å². The first kappa shape index (κ1) is 14.9. The molecule has 0 aliphatic carbocycles. The Bertz CT molecular complexity index is 173. The largest absolute Gasteiger partial charge is 0.390 e. The van der Waals surface area contributed by atoms with Crippen LogP contribution in [-0.2, 0) is 9.47 Å². The maximum Gasteiger partial charge on any atom is 0.0856 e. The first-order chi connectivity index (χ1) is 8.34. The fraction of sp³-hybridized carbons (Fsp3) is 1.00. The highest BCUT2D eigenvalue weighted by Crippen LogP contribution is 2.16. The van der Waals surface area contributed by atoms with Crippen molar-refractivity contribution in [2.45, 2.75) is 70.5 Å². The molecule has 1 saturated heterocycles. The standard InChI is InChI=1S/C14H28O3/c1-2-3-4-5-6-7-10-16-11-9-14-13(15)8-12-17-14/h13-15H,2-12H2,1H3/t13-,14-/m1/s1. The second-order valence-electron chi connectivity index (χ2n) is 4.93. The van der Waals surface area contributed by atoms with Gasteiger partial charge in [-0.2, -0.15) is 0 Å². The van der Waals surface area contributed by atoms with Gasteiger partial charge in [0.1, 0.15) is 0 Å². The van der Waals surface area contributed by atoms with Gasteiger partial charge in [-0.1, -0.05) is 39.0 Å². The summed E-state index contributed by atoms with van der Waals surface area (Å²) in [6, 6.07) is 0. The lowest BCUT2D eigenvalue weighted by Gasteiger charge is -2.13. The molecule has 1 aliphatic rings. The quantitative estimate of drug-likeness (QED) is 0.601. The summed E-state index contributed by atoms with van der Waals surface area (Å²) in [6.07, 6.45) is 9.16. The Morgan fingerprint density at radius 3 is 2.59 bits per heavy atom. The summed E-state index contributed by atoms with van der Waals surface area (Å²) >= 11 is 0. The second-order valence-corrected chi connectivity index (χ2v) is 4.93. The maximum absolute atomic E-state index is 9.53. The molecule has 3 nitrogen and oxygen atoms in total. The topological polar surface area (TPSA) is 38.7 Å². The van der Waals surface area contributed by atoms with Crippen LogP contribution in [0.15, 0.2) is 0 Å². The van der Waals surface area contributed by atoms with Crippen molar-refractivity contribution in [1.29, 1.82) is 0 Å². The smallest absolute Gasteiger partial charge is 0.0856 e. The molecule has 0 amide bonds. The third kappa shape index (κ3) is 7.02. The summed E-state index contributed by atoms with van der Waals surface area (Å²) in [7, 11) is 0. The molecule has 0 bridgehead atoms. The van der Waals surface area contributed by atoms with E-state index in [0.717, 1.165) is 32.5 Å². The van der Waals surface area contributed by atoms with E-state index in [-0.39, 0.29) is 12.2 Å². The van der Waals surface area contributed by atoms with Crippen molar-refractivity contribution in [3.8, 4) is 0 Å². The van der Waals surface area contributed by atoms with Crippen LogP contribution in [0.2, 0.25) is 0 Å². The zero-order valence-corrected chi connectivity index (χ0v) is 11.2. The summed E-state index contributed by atoms with van der Waals surface area (Å²) < 4.78 is 11.0. The molecule has 0 aromatic carbocycles. The molecular weight excluding hydrogens is 216 g/mol. The van der Waals surface area contributed by atoms with Crippen molar-refractivity contribution in [2.75, 3.05) is 19.8 Å². The molecule has 1 N–H and O–H groups in total. The molecule has 1 fully saturated rings. The molecule has 0 spiro atoms. The van der Waals surface area contributed by atoms with E-state index in [2.05, 4.69) is 6.92 Å². The molecule has 102 valence electrons. The van der Waals surface area contributed by atoms with Crippen LogP contribution in [0.1, 0.15) is 58.3 Å². The molecule has 0 aromatic rings. The van der Waals surface area contributed by atoms with Gasteiger partial charge in [-0.15, -0.1) is 0 Å². The van der Waals surface area contributed by atoms with Gasteiger partial charge in [0.25, 0.3) is 0 Å². The lowest BCUT2D eigenvalue weighted by molar-refractivity contribution is 0.0122. The minimum absolute atomic E-state index is 0.0135. The van der Waals surface area contributed by atoms with Crippen LogP contribution in [-0.4, -0.2) is 37.1 Å². The number of rotatable bonds is 10. The number of aliphatic hydroxyl groups excluding tert-OH is 1. The Morgan fingerprint density at radius 2 is 1.88 bits per heavy atom. The van der Waals surface area contributed by atoms with E-state index in [0.29, 0.717) is 6.61 Å². The summed E-state index contributed by atoms with van der Waals surface area (Å²) in [5.41, 5.74) is 0. The molecule has 1 rings (SSSR count). The molecule has 0 unspecified atom stereocenters. The molecule has 0 saturated carbocycles. The average Bonchev–Trinajstić information content (AvgIpc) is 2.73. The monoisotopic (exact) mass is 244 g/mol. The van der Waals surface area contributed by atoms with E-state index < -0.39 is 0 Å². The predicted molar refractivity (Wildman–Crippen MR) is 69.2 cm³/mol. The lowest BCUT2D eigenvalue weighted by atomic mass is 10.1. The van der Waals surface area contributed by atoms with Gasteiger partial charge in [-0.25, -0.2) is 0 Å². The Labute approximate surface area is 105 Å². The van der Waals surface area contributed by atoms with Crippen LogP contribution in [0.4, 0.5) is 0 Å². The highest BCUT2D eigenvalue weighted by Gasteiger charge is 2.25. The summed E-state index contributed by atoms with van der Waals surface area (Å²) in [5.74, 6) is 0. The van der Waals surface area contributed by atoms with Crippen molar-refractivity contribution in [1.82, 2.24) is 0 Å². The molecule has 17 heavy (non-hydrogen) atoms. The third-order valence-electron chi connectivity index (χ3n) is 3.36. The molecule has 1 heterocycles. The average molecular weight is 244 g/mol. The van der Waals surface area contributed by atoms with Crippen LogP contribution < -0.4 is 0 Å². The first-order valence-corrected chi connectivity index (χ1v) is 7.22. The second kappa shape index (κ2) is 9.86. The van der Waals surface area contributed by atoms with Gasteiger partial charge >= 0.3 is 0 Å². The van der Waals surface area contributed by atoms with E-state index in [1.54, 1.807) is 0 Å². The third-order valence-corrected chi connectivity index (χ3v) is 3.36. The van der Waals surface area contributed by atoms with Crippen LogP contribution in [0.5, 0.6) is 0 Å². The zero-order chi connectivity index (χ0) is 12.3. The van der Waals surface area contributed by atoms with Gasteiger partial charge in [-0.3, -0.25) is 0 Å². The Hall–Kier alpha value is -0.120. The molecule has 0 aromatic heterocycles. The molecule has 1 aliphatic heterocycles.